The molecule has 1 aromatic rings. The van der Waals surface area contributed by atoms with E-state index < -0.39 is 30.0 Å². The summed E-state index contributed by atoms with van der Waals surface area (Å²) in [5.41, 5.74) is -0.424. The molecule has 0 spiro atoms. The average molecular weight is 372 g/mol. The third-order valence-corrected chi connectivity index (χ3v) is 4.38. The molecule has 2 rings (SSSR count). The van der Waals surface area contributed by atoms with Crippen LogP contribution >= 0.6 is 0 Å². The highest BCUT2D eigenvalue weighted by molar-refractivity contribution is 5.69. The molecule has 7 heteroatoms. The van der Waals surface area contributed by atoms with Crippen LogP contribution in [0.15, 0.2) is 30.3 Å². The summed E-state index contributed by atoms with van der Waals surface area (Å²) in [4.78, 5) is 15.2. The molecule has 0 N–H and O–H groups in total. The van der Waals surface area contributed by atoms with Crippen molar-refractivity contribution in [3.05, 3.63) is 35.9 Å². The zero-order valence-corrected chi connectivity index (χ0v) is 15.8. The fourth-order valence-electron chi connectivity index (χ4n) is 2.95. The van der Waals surface area contributed by atoms with Crippen LogP contribution in [0.25, 0.3) is 0 Å². The van der Waals surface area contributed by atoms with Crippen molar-refractivity contribution in [2.75, 3.05) is 20.1 Å². The van der Waals surface area contributed by atoms with Crippen molar-refractivity contribution in [2.45, 2.75) is 57.5 Å². The Labute approximate surface area is 152 Å². The van der Waals surface area contributed by atoms with Crippen molar-refractivity contribution in [1.29, 1.82) is 0 Å². The minimum atomic E-state index is -4.30. The molecule has 0 unspecified atom stereocenters. The number of rotatable bonds is 6. The van der Waals surface area contributed by atoms with E-state index in [-0.39, 0.29) is 13.1 Å². The highest BCUT2D eigenvalue weighted by Crippen LogP contribution is 2.43. The van der Waals surface area contributed by atoms with Crippen LogP contribution in [0.1, 0.15) is 39.2 Å². The molecular weight excluding hydrogens is 345 g/mol. The maximum absolute atomic E-state index is 13.0. The van der Waals surface area contributed by atoms with Gasteiger partial charge in [-0.15, -0.1) is 0 Å². The van der Waals surface area contributed by atoms with Gasteiger partial charge in [0, 0.05) is 20.1 Å². The lowest BCUT2D eigenvalue weighted by atomic mass is 10.1. The van der Waals surface area contributed by atoms with Crippen molar-refractivity contribution in [3.63, 3.8) is 0 Å². The van der Waals surface area contributed by atoms with Crippen molar-refractivity contribution in [1.82, 2.24) is 9.80 Å². The summed E-state index contributed by atoms with van der Waals surface area (Å²) in [6, 6.07) is 9.05. The van der Waals surface area contributed by atoms with Gasteiger partial charge in [0.1, 0.15) is 5.60 Å². The molecule has 0 heterocycles. The van der Waals surface area contributed by atoms with E-state index in [1.807, 2.05) is 6.07 Å². The number of alkyl halides is 3. The summed E-state index contributed by atoms with van der Waals surface area (Å²) in [7, 11) is 1.61. The monoisotopic (exact) mass is 372 g/mol. The van der Waals surface area contributed by atoms with Gasteiger partial charge in [-0.3, -0.25) is 4.90 Å². The first-order valence-electron chi connectivity index (χ1n) is 8.70. The second kappa shape index (κ2) is 7.47. The number of halogens is 3. The lowest BCUT2D eigenvalue weighted by Gasteiger charge is -2.35. The molecule has 1 fully saturated rings. The zero-order valence-electron chi connectivity index (χ0n) is 15.8. The molecule has 0 aromatic heterocycles. The average Bonchev–Trinajstić information content (AvgIpc) is 3.24. The number of amides is 1. The molecule has 0 bridgehead atoms. The fraction of sp³-hybridized carbons (Fsp3) is 0.632. The van der Waals surface area contributed by atoms with Gasteiger partial charge in [0.2, 0.25) is 0 Å². The number of hydrogen-bond donors (Lipinski definition) is 0. The number of likely N-dealkylation sites (N-methyl/N-ethyl adjacent to an activating group) is 1. The highest BCUT2D eigenvalue weighted by atomic mass is 19.4. The van der Waals surface area contributed by atoms with Crippen LogP contribution in [0.2, 0.25) is 0 Å². The number of carbonyl (C=O) groups excluding carboxylic acids is 1. The summed E-state index contributed by atoms with van der Waals surface area (Å²) in [5.74, 6) is 0. The normalized spacial score (nSPS) is 16.5. The minimum absolute atomic E-state index is 0.164. The Balaban J connectivity index is 2.09. The Hall–Kier alpha value is -1.76. The number of hydrogen-bond acceptors (Lipinski definition) is 3. The Morgan fingerprint density at radius 2 is 1.73 bits per heavy atom. The highest BCUT2D eigenvalue weighted by Gasteiger charge is 2.51. The molecular formula is C19H27F3N2O2. The maximum atomic E-state index is 13.0. The third-order valence-electron chi connectivity index (χ3n) is 4.38. The largest absolute Gasteiger partial charge is 0.444 e. The van der Waals surface area contributed by atoms with Gasteiger partial charge in [-0.25, -0.2) is 4.79 Å². The van der Waals surface area contributed by atoms with Crippen LogP contribution in [0.3, 0.4) is 0 Å². The van der Waals surface area contributed by atoms with Gasteiger partial charge in [0.25, 0.3) is 0 Å². The van der Waals surface area contributed by atoms with Gasteiger partial charge in [0.05, 0.1) is 12.1 Å². The van der Waals surface area contributed by atoms with E-state index in [1.165, 1.54) is 9.80 Å². The van der Waals surface area contributed by atoms with Crippen molar-refractivity contribution < 1.29 is 22.7 Å². The summed E-state index contributed by atoms with van der Waals surface area (Å²) < 4.78 is 44.5. The first-order valence-corrected chi connectivity index (χ1v) is 8.70. The molecule has 146 valence electrons. The molecule has 0 aliphatic heterocycles. The lowest BCUT2D eigenvalue weighted by Crippen LogP contribution is -2.49. The van der Waals surface area contributed by atoms with E-state index in [9.17, 15) is 18.0 Å². The molecule has 4 nitrogen and oxygen atoms in total. The summed E-state index contributed by atoms with van der Waals surface area (Å²) in [6.45, 7) is 4.64. The molecule has 1 aliphatic rings. The maximum Gasteiger partial charge on any atom is 0.410 e. The topological polar surface area (TPSA) is 32.8 Å². The Morgan fingerprint density at radius 1 is 1.15 bits per heavy atom. The molecule has 0 atom stereocenters. The number of nitrogens with zero attached hydrogens (tertiary/aromatic N) is 2. The molecule has 0 saturated heterocycles. The van der Waals surface area contributed by atoms with Crippen LogP contribution in [-0.2, 0) is 11.3 Å². The van der Waals surface area contributed by atoms with Crippen molar-refractivity contribution in [3.8, 4) is 0 Å². The molecule has 26 heavy (non-hydrogen) atoms. The van der Waals surface area contributed by atoms with E-state index >= 15 is 0 Å². The lowest BCUT2D eigenvalue weighted by molar-refractivity contribution is -0.149. The van der Waals surface area contributed by atoms with Crippen molar-refractivity contribution in [2.24, 2.45) is 0 Å². The van der Waals surface area contributed by atoms with E-state index in [2.05, 4.69) is 0 Å². The number of carbonyl (C=O) groups is 1. The third kappa shape index (κ3) is 6.20. The summed E-state index contributed by atoms with van der Waals surface area (Å²) >= 11 is 0. The second-order valence-electron chi connectivity index (χ2n) is 8.01. The molecule has 1 aromatic carbocycles. The predicted molar refractivity (Wildman–Crippen MR) is 93.7 cm³/mol. The Bertz CT molecular complexity index is 607. The first-order chi connectivity index (χ1) is 11.9. The summed E-state index contributed by atoms with van der Waals surface area (Å²) in [5, 5.41) is 0. The molecule has 1 amide bonds. The van der Waals surface area contributed by atoms with Crippen LogP contribution < -0.4 is 0 Å². The van der Waals surface area contributed by atoms with E-state index in [0.717, 1.165) is 5.56 Å². The van der Waals surface area contributed by atoms with E-state index in [1.54, 1.807) is 52.1 Å². The first kappa shape index (κ1) is 20.6. The van der Waals surface area contributed by atoms with Crippen LogP contribution in [0.5, 0.6) is 0 Å². The standard InChI is InChI=1S/C19H27F3N2O2/c1-17(2,3)26-16(25)23(4)18(10-11-18)13-24(14-19(20,21)22)12-15-8-6-5-7-9-15/h5-9H,10-14H2,1-4H3. The number of benzene rings is 1. The number of ether oxygens (including phenoxy) is 1. The SMILES string of the molecule is CN(C(=O)OC(C)(C)C)C1(CN(Cc2ccccc2)CC(F)(F)F)CC1. The predicted octanol–water partition coefficient (Wildman–Crippen LogP) is 4.45. The molecule has 0 radical (unpaired) electrons. The van der Waals surface area contributed by atoms with Gasteiger partial charge < -0.3 is 9.64 Å². The van der Waals surface area contributed by atoms with Gasteiger partial charge in [-0.05, 0) is 39.2 Å². The van der Waals surface area contributed by atoms with Gasteiger partial charge in [0.15, 0.2) is 0 Å². The van der Waals surface area contributed by atoms with Crippen LogP contribution in [0.4, 0.5) is 18.0 Å². The van der Waals surface area contributed by atoms with Gasteiger partial charge >= 0.3 is 12.3 Å². The second-order valence-corrected chi connectivity index (χ2v) is 8.01. The van der Waals surface area contributed by atoms with Crippen LogP contribution in [0, 0.1) is 0 Å². The van der Waals surface area contributed by atoms with E-state index in [4.69, 9.17) is 4.74 Å². The summed E-state index contributed by atoms with van der Waals surface area (Å²) in [6.07, 6.45) is -3.45. The quantitative estimate of drug-likeness (QED) is 0.740. The van der Waals surface area contributed by atoms with Crippen LogP contribution in [-0.4, -0.2) is 53.3 Å². The zero-order chi connectivity index (χ0) is 19.6. The fourth-order valence-corrected chi connectivity index (χ4v) is 2.95. The van der Waals surface area contributed by atoms with Gasteiger partial charge in [-0.1, -0.05) is 30.3 Å². The van der Waals surface area contributed by atoms with Gasteiger partial charge in [-0.2, -0.15) is 13.2 Å². The smallest absolute Gasteiger partial charge is 0.410 e. The minimum Gasteiger partial charge on any atom is -0.444 e. The van der Waals surface area contributed by atoms with Crippen molar-refractivity contribution >= 4 is 6.09 Å². The molecule has 1 aliphatic carbocycles. The molecule has 1 saturated carbocycles. The Kier molecular flexibility index (Phi) is 5.90. The Morgan fingerprint density at radius 3 is 2.19 bits per heavy atom. The van der Waals surface area contributed by atoms with E-state index in [0.29, 0.717) is 12.8 Å².